The summed E-state index contributed by atoms with van der Waals surface area (Å²) in [5, 5.41) is 0. The largest absolute Gasteiger partial charge is 0.490 e. The second kappa shape index (κ2) is 7.27. The molecule has 0 unspecified atom stereocenters. The highest BCUT2D eigenvalue weighted by atomic mass is 19.1. The lowest BCUT2D eigenvalue weighted by Crippen LogP contribution is -1.98. The Morgan fingerprint density at radius 3 is 2.80 bits per heavy atom. The van der Waals surface area contributed by atoms with Gasteiger partial charge in [0.1, 0.15) is 0 Å². The van der Waals surface area contributed by atoms with Crippen LogP contribution in [-0.4, -0.2) is 6.61 Å². The minimum absolute atomic E-state index is 0.313. The van der Waals surface area contributed by atoms with Crippen molar-refractivity contribution in [3.63, 3.8) is 0 Å². The number of ether oxygens (including phenoxy) is 1. The molecule has 0 aliphatic rings. The SMILES string of the molecule is CCCCCCCOc1ccc[c]c1F. The molecule has 0 aromatic heterocycles. The highest BCUT2D eigenvalue weighted by Crippen LogP contribution is 2.15. The van der Waals surface area contributed by atoms with Gasteiger partial charge in [0.25, 0.3) is 0 Å². The van der Waals surface area contributed by atoms with Crippen molar-refractivity contribution < 1.29 is 9.13 Å². The molecule has 15 heavy (non-hydrogen) atoms. The van der Waals surface area contributed by atoms with E-state index >= 15 is 0 Å². The van der Waals surface area contributed by atoms with Crippen molar-refractivity contribution in [3.8, 4) is 5.75 Å². The molecule has 1 nitrogen and oxygen atoms in total. The molecule has 2 heteroatoms. The quantitative estimate of drug-likeness (QED) is 0.617. The van der Waals surface area contributed by atoms with Crippen LogP contribution >= 0.6 is 0 Å². The van der Waals surface area contributed by atoms with E-state index in [9.17, 15) is 4.39 Å². The smallest absolute Gasteiger partial charge is 0.172 e. The Morgan fingerprint density at radius 2 is 2.07 bits per heavy atom. The Morgan fingerprint density at radius 1 is 1.27 bits per heavy atom. The van der Waals surface area contributed by atoms with Crippen LogP contribution in [0.1, 0.15) is 39.0 Å². The molecule has 0 saturated carbocycles. The van der Waals surface area contributed by atoms with Gasteiger partial charge < -0.3 is 4.74 Å². The Labute approximate surface area is 91.3 Å². The molecule has 0 N–H and O–H groups in total. The van der Waals surface area contributed by atoms with E-state index in [0.717, 1.165) is 12.8 Å². The van der Waals surface area contributed by atoms with Gasteiger partial charge in [0.2, 0.25) is 0 Å². The molecule has 0 atom stereocenters. The fourth-order valence-corrected chi connectivity index (χ4v) is 1.40. The maximum absolute atomic E-state index is 13.0. The van der Waals surface area contributed by atoms with E-state index in [1.54, 1.807) is 18.2 Å². The molecule has 1 aromatic carbocycles. The van der Waals surface area contributed by atoms with Crippen molar-refractivity contribution in [3.05, 3.63) is 30.1 Å². The predicted octanol–water partition coefficient (Wildman–Crippen LogP) is 3.98. The number of hydrogen-bond donors (Lipinski definition) is 0. The van der Waals surface area contributed by atoms with Crippen molar-refractivity contribution in [2.45, 2.75) is 39.0 Å². The Balaban J connectivity index is 2.12. The monoisotopic (exact) mass is 209 g/mol. The average molecular weight is 209 g/mol. The van der Waals surface area contributed by atoms with Crippen LogP contribution in [0.3, 0.4) is 0 Å². The van der Waals surface area contributed by atoms with Gasteiger partial charge in [-0.1, -0.05) is 44.7 Å². The van der Waals surface area contributed by atoms with Crippen LogP contribution in [-0.2, 0) is 0 Å². The van der Waals surface area contributed by atoms with E-state index in [1.165, 1.54) is 19.3 Å². The summed E-state index contributed by atoms with van der Waals surface area (Å²) in [6, 6.07) is 7.38. The minimum atomic E-state index is -0.397. The van der Waals surface area contributed by atoms with E-state index in [0.29, 0.717) is 12.4 Å². The van der Waals surface area contributed by atoms with Crippen LogP contribution in [0.5, 0.6) is 5.75 Å². The van der Waals surface area contributed by atoms with Crippen LogP contribution in [0.2, 0.25) is 0 Å². The Hall–Kier alpha value is -1.05. The van der Waals surface area contributed by atoms with E-state index in [2.05, 4.69) is 13.0 Å². The molecular formula is C13H18FO. The zero-order valence-electron chi connectivity index (χ0n) is 9.26. The van der Waals surface area contributed by atoms with Gasteiger partial charge in [-0.05, 0) is 12.5 Å². The van der Waals surface area contributed by atoms with E-state index in [-0.39, 0.29) is 0 Å². The molecule has 0 aliphatic carbocycles. The molecule has 1 rings (SSSR count). The van der Waals surface area contributed by atoms with Crippen molar-refractivity contribution in [2.75, 3.05) is 6.61 Å². The number of unbranched alkanes of at least 4 members (excludes halogenated alkanes) is 4. The van der Waals surface area contributed by atoms with Gasteiger partial charge >= 0.3 is 0 Å². The van der Waals surface area contributed by atoms with Crippen molar-refractivity contribution in [1.29, 1.82) is 0 Å². The lowest BCUT2D eigenvalue weighted by Gasteiger charge is -2.06. The topological polar surface area (TPSA) is 9.23 Å². The van der Waals surface area contributed by atoms with Gasteiger partial charge in [-0.15, -0.1) is 0 Å². The summed E-state index contributed by atoms with van der Waals surface area (Å²) in [5.74, 6) is -0.0842. The highest BCUT2D eigenvalue weighted by Gasteiger charge is 2.00. The predicted molar refractivity (Wildman–Crippen MR) is 59.5 cm³/mol. The summed E-state index contributed by atoms with van der Waals surface area (Å²) in [6.07, 6.45) is 5.90. The summed E-state index contributed by atoms with van der Waals surface area (Å²) >= 11 is 0. The third kappa shape index (κ3) is 4.82. The number of hydrogen-bond acceptors (Lipinski definition) is 1. The normalized spacial score (nSPS) is 10.3. The van der Waals surface area contributed by atoms with Crippen molar-refractivity contribution >= 4 is 0 Å². The zero-order chi connectivity index (χ0) is 10.9. The Kier molecular flexibility index (Phi) is 5.83. The maximum atomic E-state index is 13.0. The summed E-state index contributed by atoms with van der Waals surface area (Å²) in [4.78, 5) is 0. The summed E-state index contributed by atoms with van der Waals surface area (Å²) in [7, 11) is 0. The molecule has 1 aromatic rings. The molecule has 83 valence electrons. The lowest BCUT2D eigenvalue weighted by atomic mass is 10.2. The zero-order valence-corrected chi connectivity index (χ0v) is 9.26. The molecule has 0 aliphatic heterocycles. The van der Waals surface area contributed by atoms with E-state index in [4.69, 9.17) is 4.74 Å². The molecule has 0 heterocycles. The van der Waals surface area contributed by atoms with Gasteiger partial charge in [-0.3, -0.25) is 0 Å². The minimum Gasteiger partial charge on any atom is -0.490 e. The summed E-state index contributed by atoms with van der Waals surface area (Å²) in [6.45, 7) is 2.78. The van der Waals surface area contributed by atoms with Gasteiger partial charge in [0, 0.05) is 6.07 Å². The summed E-state index contributed by atoms with van der Waals surface area (Å²) < 4.78 is 18.3. The standard InChI is InChI=1S/C13H18FO/c1-2-3-4-5-8-11-15-13-10-7-6-9-12(13)14/h6-7,10H,2-5,8,11H2,1H3. The molecule has 0 bridgehead atoms. The van der Waals surface area contributed by atoms with Crippen molar-refractivity contribution in [2.24, 2.45) is 0 Å². The van der Waals surface area contributed by atoms with Crippen LogP contribution in [0.25, 0.3) is 0 Å². The first-order valence-corrected chi connectivity index (χ1v) is 5.63. The highest BCUT2D eigenvalue weighted by molar-refractivity contribution is 5.22. The van der Waals surface area contributed by atoms with Gasteiger partial charge in [-0.2, -0.15) is 0 Å². The van der Waals surface area contributed by atoms with Gasteiger partial charge in [0.15, 0.2) is 11.6 Å². The molecule has 0 spiro atoms. The second-order valence-electron chi connectivity index (χ2n) is 3.61. The van der Waals surface area contributed by atoms with Crippen LogP contribution in [0, 0.1) is 11.9 Å². The maximum Gasteiger partial charge on any atom is 0.172 e. The third-order valence-electron chi connectivity index (χ3n) is 2.28. The number of rotatable bonds is 7. The fourth-order valence-electron chi connectivity index (χ4n) is 1.40. The third-order valence-corrected chi connectivity index (χ3v) is 2.28. The molecule has 0 saturated heterocycles. The molecule has 1 radical (unpaired) electrons. The first kappa shape index (κ1) is 12.0. The Bertz CT molecular complexity index is 273. The summed E-state index contributed by atoms with van der Waals surface area (Å²) in [5.41, 5.74) is 0. The molecule has 0 fully saturated rings. The van der Waals surface area contributed by atoms with Crippen LogP contribution < -0.4 is 4.74 Å². The fraction of sp³-hybridized carbons (Fsp3) is 0.538. The van der Waals surface area contributed by atoms with Crippen LogP contribution in [0.15, 0.2) is 18.2 Å². The lowest BCUT2D eigenvalue weighted by molar-refractivity contribution is 0.290. The number of benzene rings is 1. The first-order chi connectivity index (χ1) is 7.34. The number of halogens is 1. The first-order valence-electron chi connectivity index (χ1n) is 5.63. The van der Waals surface area contributed by atoms with Crippen LogP contribution in [0.4, 0.5) is 4.39 Å². The van der Waals surface area contributed by atoms with E-state index < -0.39 is 5.82 Å². The molecule has 0 amide bonds. The van der Waals surface area contributed by atoms with Gasteiger partial charge in [0.05, 0.1) is 6.61 Å². The van der Waals surface area contributed by atoms with E-state index in [1.807, 2.05) is 0 Å². The average Bonchev–Trinajstić information content (AvgIpc) is 2.25. The molecular weight excluding hydrogens is 191 g/mol. The van der Waals surface area contributed by atoms with Crippen molar-refractivity contribution in [1.82, 2.24) is 0 Å². The van der Waals surface area contributed by atoms with Gasteiger partial charge in [-0.25, -0.2) is 4.39 Å². The second-order valence-corrected chi connectivity index (χ2v) is 3.61.